The molecule has 3 heterocycles. The van der Waals surface area contributed by atoms with Gasteiger partial charge in [0.05, 0.1) is 24.0 Å². The number of nitrogens with one attached hydrogen (secondary N) is 1. The molecule has 3 aromatic heterocycles. The average molecular weight is 549 g/mol. The molecule has 2 N–H and O–H groups in total. The third-order valence-corrected chi connectivity index (χ3v) is 6.05. The van der Waals surface area contributed by atoms with Crippen molar-refractivity contribution in [3.8, 4) is 17.1 Å². The van der Waals surface area contributed by atoms with Crippen LogP contribution < -0.4 is 11.0 Å². The normalized spacial score (nSPS) is 14.4. The molecule has 0 aliphatic heterocycles. The molecule has 1 amide bonds. The molecule has 1 unspecified atom stereocenters. The summed E-state index contributed by atoms with van der Waals surface area (Å²) in [5.74, 6) is -0.276. The third kappa shape index (κ3) is 5.45. The number of alkyl halides is 3. The first-order valence-corrected chi connectivity index (χ1v) is 11.8. The number of nitrogens with zero attached hydrogens (tertiary/aromatic N) is 7. The van der Waals surface area contributed by atoms with Crippen LogP contribution in [0.5, 0.6) is 0 Å². The lowest BCUT2D eigenvalue weighted by atomic mass is 10.2. The molecule has 1 atom stereocenters. The molecule has 0 spiro atoms. The van der Waals surface area contributed by atoms with Crippen molar-refractivity contribution in [3.63, 3.8) is 0 Å². The zero-order chi connectivity index (χ0) is 27.0. The number of hydrogen-bond donors (Lipinski definition) is 2. The lowest BCUT2D eigenvalue weighted by Crippen LogP contribution is -2.37. The maximum absolute atomic E-state index is 13.1. The molecule has 1 aliphatic rings. The monoisotopic (exact) mass is 548 g/mol. The molecule has 38 heavy (non-hydrogen) atoms. The van der Waals surface area contributed by atoms with Crippen molar-refractivity contribution in [2.24, 2.45) is 0 Å². The van der Waals surface area contributed by atoms with Gasteiger partial charge in [-0.15, -0.1) is 10.2 Å². The highest BCUT2D eigenvalue weighted by Gasteiger charge is 2.39. The van der Waals surface area contributed by atoms with E-state index >= 15 is 0 Å². The zero-order valence-corrected chi connectivity index (χ0v) is 20.3. The standard InChI is InChI=1S/C23H20ClF3N8O3/c24-14-3-1-13(2-4-14)20-32-34(22(38)33(20)10-18(36)23(25,26)27)11-19-29-12-35(31-19)17-9-28-8-7-16(17)21(37)30-15-5-6-15/h1-4,7-9,12,15,18,36H,5-6,10-11H2,(H,30,37). The fraction of sp³-hybridized carbons (Fsp3) is 0.304. The van der Waals surface area contributed by atoms with E-state index in [1.54, 1.807) is 6.07 Å². The molecule has 1 aliphatic carbocycles. The minimum absolute atomic E-state index is 0.0966. The van der Waals surface area contributed by atoms with Crippen LogP contribution in [0.1, 0.15) is 29.0 Å². The first kappa shape index (κ1) is 25.6. The van der Waals surface area contributed by atoms with Gasteiger partial charge in [0.15, 0.2) is 17.8 Å². The highest BCUT2D eigenvalue weighted by Crippen LogP contribution is 2.24. The molecule has 0 saturated heterocycles. The number of amides is 1. The van der Waals surface area contributed by atoms with Gasteiger partial charge in [0.2, 0.25) is 0 Å². The summed E-state index contributed by atoms with van der Waals surface area (Å²) in [6.07, 6.45) is -1.64. The minimum atomic E-state index is -4.94. The Morgan fingerprint density at radius 2 is 1.92 bits per heavy atom. The van der Waals surface area contributed by atoms with Crippen molar-refractivity contribution in [1.82, 2.24) is 39.4 Å². The summed E-state index contributed by atoms with van der Waals surface area (Å²) < 4.78 is 42.2. The van der Waals surface area contributed by atoms with E-state index in [-0.39, 0.29) is 30.1 Å². The van der Waals surface area contributed by atoms with E-state index in [4.69, 9.17) is 11.6 Å². The molecule has 198 valence electrons. The number of aromatic nitrogens is 7. The highest BCUT2D eigenvalue weighted by molar-refractivity contribution is 6.30. The fourth-order valence-electron chi connectivity index (χ4n) is 3.67. The third-order valence-electron chi connectivity index (χ3n) is 5.79. The number of hydrogen-bond acceptors (Lipinski definition) is 7. The van der Waals surface area contributed by atoms with Crippen LogP contribution in [0, 0.1) is 0 Å². The maximum Gasteiger partial charge on any atom is 0.416 e. The van der Waals surface area contributed by atoms with Crippen molar-refractivity contribution in [2.75, 3.05) is 0 Å². The number of carbonyl (C=O) groups excluding carboxylic acids is 1. The second-order valence-corrected chi connectivity index (χ2v) is 9.12. The molecule has 15 heteroatoms. The first-order chi connectivity index (χ1) is 18.1. The Balaban J connectivity index is 1.46. The van der Waals surface area contributed by atoms with Crippen molar-refractivity contribution >= 4 is 17.5 Å². The van der Waals surface area contributed by atoms with Crippen molar-refractivity contribution < 1.29 is 23.1 Å². The molecular weight excluding hydrogens is 529 g/mol. The Labute approximate surface area is 217 Å². The van der Waals surface area contributed by atoms with Gasteiger partial charge in [-0.2, -0.15) is 13.2 Å². The Morgan fingerprint density at radius 1 is 1.18 bits per heavy atom. The second-order valence-electron chi connectivity index (χ2n) is 8.68. The van der Waals surface area contributed by atoms with Gasteiger partial charge in [-0.05, 0) is 43.2 Å². The van der Waals surface area contributed by atoms with Crippen LogP contribution in [-0.2, 0) is 13.1 Å². The Morgan fingerprint density at radius 3 is 2.61 bits per heavy atom. The van der Waals surface area contributed by atoms with Gasteiger partial charge >= 0.3 is 11.9 Å². The van der Waals surface area contributed by atoms with Gasteiger partial charge in [-0.1, -0.05) is 11.6 Å². The number of pyridine rings is 1. The van der Waals surface area contributed by atoms with Gasteiger partial charge in [-0.3, -0.25) is 14.3 Å². The smallest absolute Gasteiger partial charge is 0.382 e. The first-order valence-electron chi connectivity index (χ1n) is 11.4. The molecule has 1 aromatic carbocycles. The van der Waals surface area contributed by atoms with E-state index in [9.17, 15) is 27.9 Å². The van der Waals surface area contributed by atoms with E-state index in [1.807, 2.05) is 0 Å². The van der Waals surface area contributed by atoms with Crippen LogP contribution in [0.3, 0.4) is 0 Å². The van der Waals surface area contributed by atoms with Crippen LogP contribution >= 0.6 is 11.6 Å². The Hall–Kier alpha value is -4.04. The topological polar surface area (TPSA) is 133 Å². The quantitative estimate of drug-likeness (QED) is 0.345. The second kappa shape index (κ2) is 10.0. The van der Waals surface area contributed by atoms with Crippen LogP contribution in [0.15, 0.2) is 53.8 Å². The molecule has 0 radical (unpaired) electrons. The zero-order valence-electron chi connectivity index (χ0n) is 19.5. The fourth-order valence-corrected chi connectivity index (χ4v) is 3.79. The minimum Gasteiger partial charge on any atom is -0.382 e. The highest BCUT2D eigenvalue weighted by atomic mass is 35.5. The molecule has 1 fully saturated rings. The van der Waals surface area contributed by atoms with Crippen molar-refractivity contribution in [1.29, 1.82) is 0 Å². The summed E-state index contributed by atoms with van der Waals surface area (Å²) >= 11 is 5.91. The number of carbonyl (C=O) groups is 1. The average Bonchev–Trinajstić information content (AvgIpc) is 3.49. The maximum atomic E-state index is 13.1. The van der Waals surface area contributed by atoms with E-state index < -0.39 is 24.5 Å². The van der Waals surface area contributed by atoms with Crippen molar-refractivity contribution in [3.05, 3.63) is 75.9 Å². The number of benzene rings is 1. The Kier molecular flexibility index (Phi) is 6.75. The van der Waals surface area contributed by atoms with E-state index in [0.717, 1.165) is 22.1 Å². The van der Waals surface area contributed by atoms with E-state index in [2.05, 4.69) is 25.5 Å². The van der Waals surface area contributed by atoms with E-state index in [0.29, 0.717) is 21.8 Å². The molecule has 4 aromatic rings. The number of rotatable bonds is 8. The van der Waals surface area contributed by atoms with Crippen LogP contribution in [0.25, 0.3) is 17.1 Å². The lowest BCUT2D eigenvalue weighted by molar-refractivity contribution is -0.207. The number of aliphatic hydroxyl groups is 1. The number of aliphatic hydroxyl groups excluding tert-OH is 1. The van der Waals surface area contributed by atoms with Crippen LogP contribution in [0.2, 0.25) is 5.02 Å². The molecular formula is C23H20ClF3N8O3. The summed E-state index contributed by atoms with van der Waals surface area (Å²) in [5.41, 5.74) is 0.105. The summed E-state index contributed by atoms with van der Waals surface area (Å²) in [6, 6.07) is 7.67. The lowest BCUT2D eigenvalue weighted by Gasteiger charge is -2.15. The van der Waals surface area contributed by atoms with Crippen molar-refractivity contribution in [2.45, 2.75) is 44.3 Å². The summed E-state index contributed by atoms with van der Waals surface area (Å²) in [4.78, 5) is 33.9. The largest absolute Gasteiger partial charge is 0.416 e. The summed E-state index contributed by atoms with van der Waals surface area (Å²) in [5, 5.41) is 21.4. The summed E-state index contributed by atoms with van der Waals surface area (Å²) in [7, 11) is 0. The SMILES string of the molecule is O=C(NC1CC1)c1ccncc1-n1cnc(Cn2nc(-c3ccc(Cl)cc3)n(CC(O)C(F)(F)F)c2=O)n1. The van der Waals surface area contributed by atoms with Gasteiger partial charge in [0.1, 0.15) is 12.9 Å². The number of halogens is 4. The van der Waals surface area contributed by atoms with E-state index in [1.165, 1.54) is 47.7 Å². The molecule has 11 nitrogen and oxygen atoms in total. The summed E-state index contributed by atoms with van der Waals surface area (Å²) in [6.45, 7) is -1.34. The van der Waals surface area contributed by atoms with Crippen LogP contribution in [-0.4, -0.2) is 63.4 Å². The predicted molar refractivity (Wildman–Crippen MR) is 128 cm³/mol. The van der Waals surface area contributed by atoms with Gasteiger partial charge in [0.25, 0.3) is 5.91 Å². The van der Waals surface area contributed by atoms with Gasteiger partial charge in [0, 0.05) is 22.8 Å². The molecule has 0 bridgehead atoms. The molecule has 5 rings (SSSR count). The van der Waals surface area contributed by atoms with Gasteiger partial charge < -0.3 is 10.4 Å². The van der Waals surface area contributed by atoms with Gasteiger partial charge in [-0.25, -0.2) is 19.1 Å². The van der Waals surface area contributed by atoms with Crippen LogP contribution in [0.4, 0.5) is 13.2 Å². The molecule has 1 saturated carbocycles. The Bertz CT molecular complexity index is 1530. The predicted octanol–water partition coefficient (Wildman–Crippen LogP) is 2.20.